The van der Waals surface area contributed by atoms with Gasteiger partial charge in [0.15, 0.2) is 0 Å². The van der Waals surface area contributed by atoms with E-state index >= 15 is 0 Å². The van der Waals surface area contributed by atoms with Crippen molar-refractivity contribution >= 4 is 5.91 Å². The second-order valence-corrected chi connectivity index (χ2v) is 5.71. The molecule has 0 aromatic heterocycles. The molecule has 0 unspecified atom stereocenters. The van der Waals surface area contributed by atoms with Crippen LogP contribution in [0.15, 0.2) is 24.3 Å². The van der Waals surface area contributed by atoms with E-state index in [1.54, 1.807) is 0 Å². The number of amides is 1. The molecule has 3 heteroatoms. The quantitative estimate of drug-likeness (QED) is 0.834. The average Bonchev–Trinajstić information content (AvgIpc) is 2.45. The highest BCUT2D eigenvalue weighted by molar-refractivity contribution is 5.94. The topological polar surface area (TPSA) is 29.5 Å². The third kappa shape index (κ3) is 3.33. The average molecular weight is 275 g/mol. The van der Waals surface area contributed by atoms with Crippen LogP contribution in [0.2, 0.25) is 0 Å². The van der Waals surface area contributed by atoms with Crippen molar-refractivity contribution < 1.29 is 9.53 Å². The van der Waals surface area contributed by atoms with Gasteiger partial charge in [-0.2, -0.15) is 0 Å². The molecule has 0 spiro atoms. The zero-order valence-electron chi connectivity index (χ0n) is 12.8. The molecule has 2 rings (SSSR count). The van der Waals surface area contributed by atoms with Gasteiger partial charge < -0.3 is 9.64 Å². The van der Waals surface area contributed by atoms with Crippen LogP contribution in [0, 0.1) is 0 Å². The van der Waals surface area contributed by atoms with E-state index in [9.17, 15) is 4.79 Å². The van der Waals surface area contributed by atoms with Gasteiger partial charge in [0.25, 0.3) is 5.91 Å². The van der Waals surface area contributed by atoms with Crippen LogP contribution in [0.25, 0.3) is 0 Å². The molecule has 0 radical (unpaired) electrons. The van der Waals surface area contributed by atoms with Gasteiger partial charge in [0, 0.05) is 17.6 Å². The molecule has 1 aliphatic rings. The molecule has 1 fully saturated rings. The summed E-state index contributed by atoms with van der Waals surface area (Å²) in [5.41, 5.74) is 0.759. The SMILES string of the molecule is CCCOc1ccc(C(=O)N2[C@H](C)CCC[C@@H]2C)cc1. The lowest BCUT2D eigenvalue weighted by Crippen LogP contribution is -2.47. The molecule has 1 aromatic rings. The van der Waals surface area contributed by atoms with Crippen LogP contribution in [0.4, 0.5) is 0 Å². The largest absolute Gasteiger partial charge is 0.494 e. The summed E-state index contributed by atoms with van der Waals surface area (Å²) in [5, 5.41) is 0. The molecule has 20 heavy (non-hydrogen) atoms. The highest BCUT2D eigenvalue weighted by Crippen LogP contribution is 2.25. The molecule has 2 atom stereocenters. The van der Waals surface area contributed by atoms with Crippen molar-refractivity contribution in [3.63, 3.8) is 0 Å². The van der Waals surface area contributed by atoms with Gasteiger partial charge >= 0.3 is 0 Å². The van der Waals surface area contributed by atoms with Gasteiger partial charge in [0.2, 0.25) is 0 Å². The van der Waals surface area contributed by atoms with Crippen LogP contribution in [0.1, 0.15) is 56.8 Å². The van der Waals surface area contributed by atoms with Gasteiger partial charge in [-0.3, -0.25) is 4.79 Å². The highest BCUT2D eigenvalue weighted by Gasteiger charge is 2.29. The molecule has 0 N–H and O–H groups in total. The molecule has 110 valence electrons. The fourth-order valence-corrected chi connectivity index (χ4v) is 2.88. The number of carbonyl (C=O) groups excluding carboxylic acids is 1. The minimum Gasteiger partial charge on any atom is -0.494 e. The van der Waals surface area contributed by atoms with Crippen molar-refractivity contribution in [3.8, 4) is 5.75 Å². The summed E-state index contributed by atoms with van der Waals surface area (Å²) >= 11 is 0. The van der Waals surface area contributed by atoms with Crippen LogP contribution < -0.4 is 4.74 Å². The molecule has 1 heterocycles. The Balaban J connectivity index is 2.08. The third-order valence-electron chi connectivity index (χ3n) is 4.00. The number of carbonyl (C=O) groups is 1. The van der Waals surface area contributed by atoms with Crippen molar-refractivity contribution in [1.29, 1.82) is 0 Å². The maximum Gasteiger partial charge on any atom is 0.254 e. The Morgan fingerprint density at radius 1 is 1.20 bits per heavy atom. The lowest BCUT2D eigenvalue weighted by molar-refractivity contribution is 0.0511. The molecule has 1 aliphatic heterocycles. The summed E-state index contributed by atoms with van der Waals surface area (Å²) in [5.74, 6) is 0.981. The second-order valence-electron chi connectivity index (χ2n) is 5.71. The second kappa shape index (κ2) is 6.78. The maximum absolute atomic E-state index is 12.6. The van der Waals surface area contributed by atoms with E-state index in [1.807, 2.05) is 29.2 Å². The molecule has 0 aliphatic carbocycles. The number of hydrogen-bond acceptors (Lipinski definition) is 2. The van der Waals surface area contributed by atoms with E-state index in [2.05, 4.69) is 20.8 Å². The first-order chi connectivity index (χ1) is 9.63. The summed E-state index contributed by atoms with van der Waals surface area (Å²) < 4.78 is 5.55. The number of benzene rings is 1. The first-order valence-electron chi connectivity index (χ1n) is 7.69. The highest BCUT2D eigenvalue weighted by atomic mass is 16.5. The number of piperidine rings is 1. The zero-order chi connectivity index (χ0) is 14.5. The molecule has 0 bridgehead atoms. The monoisotopic (exact) mass is 275 g/mol. The molecular weight excluding hydrogens is 250 g/mol. The fourth-order valence-electron chi connectivity index (χ4n) is 2.88. The first-order valence-corrected chi connectivity index (χ1v) is 7.69. The van der Waals surface area contributed by atoms with Crippen molar-refractivity contribution in [3.05, 3.63) is 29.8 Å². The first kappa shape index (κ1) is 14.9. The normalized spacial score (nSPS) is 22.6. The number of likely N-dealkylation sites (tertiary alicyclic amines) is 1. The van der Waals surface area contributed by atoms with Gasteiger partial charge in [0.1, 0.15) is 5.75 Å². The Labute approximate surface area is 121 Å². The van der Waals surface area contributed by atoms with Gasteiger partial charge in [0.05, 0.1) is 6.61 Å². The maximum atomic E-state index is 12.6. The van der Waals surface area contributed by atoms with Crippen molar-refractivity contribution in [2.75, 3.05) is 6.61 Å². The Kier molecular flexibility index (Phi) is 5.05. The van der Waals surface area contributed by atoms with Crippen molar-refractivity contribution in [1.82, 2.24) is 4.90 Å². The van der Waals surface area contributed by atoms with E-state index in [-0.39, 0.29) is 5.91 Å². The third-order valence-corrected chi connectivity index (χ3v) is 4.00. The Morgan fingerprint density at radius 2 is 1.80 bits per heavy atom. The van der Waals surface area contributed by atoms with Crippen LogP contribution in [0.5, 0.6) is 5.75 Å². The summed E-state index contributed by atoms with van der Waals surface area (Å²) in [6, 6.07) is 8.21. The Morgan fingerprint density at radius 3 is 2.35 bits per heavy atom. The molecule has 3 nitrogen and oxygen atoms in total. The zero-order valence-corrected chi connectivity index (χ0v) is 12.8. The molecule has 1 amide bonds. The standard InChI is InChI=1S/C17H25NO2/c1-4-12-20-16-10-8-15(9-11-16)17(19)18-13(2)6-5-7-14(18)3/h8-11,13-14H,4-7,12H2,1-3H3/t13-,14+. The smallest absolute Gasteiger partial charge is 0.254 e. The summed E-state index contributed by atoms with van der Waals surface area (Å²) in [6.45, 7) is 7.09. The van der Waals surface area contributed by atoms with Crippen molar-refractivity contribution in [2.45, 2.75) is 58.5 Å². The van der Waals surface area contributed by atoms with Gasteiger partial charge in [-0.1, -0.05) is 6.92 Å². The van der Waals surface area contributed by atoms with E-state index in [0.717, 1.165) is 30.6 Å². The lowest BCUT2D eigenvalue weighted by Gasteiger charge is -2.39. The van der Waals surface area contributed by atoms with E-state index in [4.69, 9.17) is 4.74 Å². The summed E-state index contributed by atoms with van der Waals surface area (Å²) in [6.07, 6.45) is 4.42. The molecule has 0 saturated carbocycles. The number of hydrogen-bond donors (Lipinski definition) is 0. The minimum atomic E-state index is 0.145. The predicted molar refractivity (Wildman–Crippen MR) is 81.2 cm³/mol. The molecule has 1 saturated heterocycles. The molecular formula is C17H25NO2. The van der Waals surface area contributed by atoms with E-state index in [0.29, 0.717) is 18.7 Å². The Bertz CT molecular complexity index is 431. The summed E-state index contributed by atoms with van der Waals surface area (Å²) in [4.78, 5) is 14.7. The lowest BCUT2D eigenvalue weighted by atomic mass is 9.96. The van der Waals surface area contributed by atoms with E-state index < -0.39 is 0 Å². The van der Waals surface area contributed by atoms with Crippen LogP contribution in [-0.4, -0.2) is 29.5 Å². The predicted octanol–water partition coefficient (Wildman–Crippen LogP) is 3.88. The number of rotatable bonds is 4. The van der Waals surface area contributed by atoms with Gasteiger partial charge in [-0.15, -0.1) is 0 Å². The Hall–Kier alpha value is -1.51. The van der Waals surface area contributed by atoms with Gasteiger partial charge in [-0.25, -0.2) is 0 Å². The van der Waals surface area contributed by atoms with Crippen LogP contribution >= 0.6 is 0 Å². The fraction of sp³-hybridized carbons (Fsp3) is 0.588. The summed E-state index contributed by atoms with van der Waals surface area (Å²) in [7, 11) is 0. The van der Waals surface area contributed by atoms with Crippen LogP contribution in [-0.2, 0) is 0 Å². The minimum absolute atomic E-state index is 0.145. The van der Waals surface area contributed by atoms with Gasteiger partial charge in [-0.05, 0) is 63.8 Å². The van der Waals surface area contributed by atoms with Crippen LogP contribution in [0.3, 0.4) is 0 Å². The number of nitrogens with zero attached hydrogens (tertiary/aromatic N) is 1. The molecule has 1 aromatic carbocycles. The number of ether oxygens (including phenoxy) is 1. The van der Waals surface area contributed by atoms with Crippen molar-refractivity contribution in [2.24, 2.45) is 0 Å². The van der Waals surface area contributed by atoms with E-state index in [1.165, 1.54) is 6.42 Å².